The van der Waals surface area contributed by atoms with Gasteiger partial charge in [0, 0.05) is 16.6 Å². The van der Waals surface area contributed by atoms with Crippen molar-refractivity contribution < 1.29 is 14.4 Å². The van der Waals surface area contributed by atoms with Gasteiger partial charge in [-0.05, 0) is 57.0 Å². The quantitative estimate of drug-likeness (QED) is 0.541. The van der Waals surface area contributed by atoms with Gasteiger partial charge in [-0.15, -0.1) is 11.8 Å². The fourth-order valence-electron chi connectivity index (χ4n) is 2.34. The summed E-state index contributed by atoms with van der Waals surface area (Å²) in [7, 11) is 1.65. The average molecular weight is 374 g/mol. The minimum atomic E-state index is -0.409. The van der Waals surface area contributed by atoms with Crippen molar-refractivity contribution in [2.75, 3.05) is 7.11 Å². The summed E-state index contributed by atoms with van der Waals surface area (Å²) in [5.74, 6) is 0.715. The number of ether oxygens (including phenoxy) is 1. The lowest BCUT2D eigenvalue weighted by molar-refractivity contribution is -0.145. The molecule has 1 unspecified atom stereocenters. The smallest absolute Gasteiger partial charge is 0.244 e. The van der Waals surface area contributed by atoms with Crippen molar-refractivity contribution in [2.45, 2.75) is 49.4 Å². The molecule has 1 N–H and O–H groups in total. The third-order valence-corrected chi connectivity index (χ3v) is 4.76. The zero-order chi connectivity index (χ0) is 19.0. The van der Waals surface area contributed by atoms with Gasteiger partial charge in [0.05, 0.1) is 12.7 Å². The lowest BCUT2D eigenvalue weighted by atomic mass is 10.1. The Balaban J connectivity index is 2.04. The number of carbonyl (C=O) groups excluding carboxylic acids is 1. The van der Waals surface area contributed by atoms with E-state index in [0.29, 0.717) is 6.42 Å². The van der Waals surface area contributed by atoms with Crippen LogP contribution < -0.4 is 10.2 Å². The number of thioether (sulfide) groups is 1. The molecular formula is C21H27NO3S. The molecule has 0 saturated carbocycles. The first-order chi connectivity index (χ1) is 12.4. The molecule has 1 atom stereocenters. The van der Waals surface area contributed by atoms with E-state index in [1.54, 1.807) is 18.9 Å². The van der Waals surface area contributed by atoms with Gasteiger partial charge in [-0.1, -0.05) is 30.3 Å². The highest BCUT2D eigenvalue weighted by molar-refractivity contribution is 8.00. The van der Waals surface area contributed by atoms with Gasteiger partial charge in [-0.25, -0.2) is 5.48 Å². The number of benzene rings is 2. The number of hydroxylamine groups is 1. The maximum atomic E-state index is 12.3. The van der Waals surface area contributed by atoms with Crippen molar-refractivity contribution in [3.8, 4) is 5.75 Å². The first kappa shape index (κ1) is 20.3. The highest BCUT2D eigenvalue weighted by atomic mass is 32.2. The van der Waals surface area contributed by atoms with Gasteiger partial charge < -0.3 is 4.74 Å². The van der Waals surface area contributed by atoms with E-state index in [2.05, 4.69) is 17.6 Å². The molecule has 0 aliphatic carbocycles. The van der Waals surface area contributed by atoms with E-state index < -0.39 is 5.60 Å². The monoisotopic (exact) mass is 373 g/mol. The highest BCUT2D eigenvalue weighted by Crippen LogP contribution is 2.29. The Hall–Kier alpha value is -1.98. The Morgan fingerprint density at radius 1 is 1.08 bits per heavy atom. The van der Waals surface area contributed by atoms with Crippen LogP contribution in [0.15, 0.2) is 59.5 Å². The molecule has 0 bridgehead atoms. The second kappa shape index (κ2) is 9.64. The Morgan fingerprint density at radius 2 is 1.73 bits per heavy atom. The number of hydrogen-bond donors (Lipinski definition) is 1. The normalized spacial score (nSPS) is 12.5. The molecule has 0 aliphatic rings. The van der Waals surface area contributed by atoms with Crippen LogP contribution in [0.3, 0.4) is 0 Å². The standard InChI is InChI=1S/C21H27NO3S/c1-21(2,3)25-22-20(23)15-19(14-16-8-6-5-7-9-16)26-18-12-10-17(24-4)11-13-18/h5-13,19H,14-15H2,1-4H3,(H,22,23). The predicted molar refractivity (Wildman–Crippen MR) is 106 cm³/mol. The van der Waals surface area contributed by atoms with E-state index in [0.717, 1.165) is 17.1 Å². The Bertz CT molecular complexity index is 681. The number of amides is 1. The zero-order valence-corrected chi connectivity index (χ0v) is 16.6. The van der Waals surface area contributed by atoms with Crippen molar-refractivity contribution in [1.82, 2.24) is 5.48 Å². The van der Waals surface area contributed by atoms with Crippen LogP contribution in [-0.2, 0) is 16.1 Å². The molecule has 140 valence electrons. The maximum absolute atomic E-state index is 12.3. The molecule has 0 radical (unpaired) electrons. The number of rotatable bonds is 8. The van der Waals surface area contributed by atoms with Gasteiger partial charge in [0.2, 0.25) is 5.91 Å². The Labute approximate surface area is 160 Å². The molecule has 4 nitrogen and oxygen atoms in total. The Kier molecular flexibility index (Phi) is 7.54. The van der Waals surface area contributed by atoms with E-state index in [9.17, 15) is 4.79 Å². The summed E-state index contributed by atoms with van der Waals surface area (Å²) in [6, 6.07) is 18.1. The second-order valence-electron chi connectivity index (χ2n) is 7.05. The van der Waals surface area contributed by atoms with Gasteiger partial charge in [-0.2, -0.15) is 0 Å². The van der Waals surface area contributed by atoms with Crippen LogP contribution >= 0.6 is 11.8 Å². The molecule has 26 heavy (non-hydrogen) atoms. The predicted octanol–water partition coefficient (Wildman–Crippen LogP) is 4.64. The van der Waals surface area contributed by atoms with Crippen molar-refractivity contribution in [1.29, 1.82) is 0 Å². The summed E-state index contributed by atoms with van der Waals surface area (Å²) < 4.78 is 5.21. The summed E-state index contributed by atoms with van der Waals surface area (Å²) in [6.07, 6.45) is 1.18. The van der Waals surface area contributed by atoms with Crippen LogP contribution in [0.25, 0.3) is 0 Å². The SMILES string of the molecule is COc1ccc(SC(CC(=O)NOC(C)(C)C)Cc2ccccc2)cc1. The minimum Gasteiger partial charge on any atom is -0.497 e. The number of carbonyl (C=O) groups is 1. The van der Waals surface area contributed by atoms with Crippen LogP contribution in [0.5, 0.6) is 5.75 Å². The molecule has 5 heteroatoms. The van der Waals surface area contributed by atoms with Crippen molar-refractivity contribution in [3.63, 3.8) is 0 Å². The van der Waals surface area contributed by atoms with Crippen LogP contribution in [0.2, 0.25) is 0 Å². The van der Waals surface area contributed by atoms with Crippen LogP contribution in [0.1, 0.15) is 32.8 Å². The van der Waals surface area contributed by atoms with E-state index in [1.165, 1.54) is 5.56 Å². The maximum Gasteiger partial charge on any atom is 0.244 e. The van der Waals surface area contributed by atoms with E-state index in [1.807, 2.05) is 63.2 Å². The fourth-order valence-corrected chi connectivity index (χ4v) is 3.53. The van der Waals surface area contributed by atoms with Crippen LogP contribution in [0.4, 0.5) is 0 Å². The summed E-state index contributed by atoms with van der Waals surface area (Å²) in [6.45, 7) is 5.71. The lowest BCUT2D eigenvalue weighted by Crippen LogP contribution is -2.35. The molecule has 0 heterocycles. The molecule has 0 aliphatic heterocycles. The molecule has 2 rings (SSSR count). The molecule has 1 amide bonds. The van der Waals surface area contributed by atoms with Gasteiger partial charge in [0.1, 0.15) is 5.75 Å². The van der Waals surface area contributed by atoms with Crippen molar-refractivity contribution >= 4 is 17.7 Å². The number of methoxy groups -OCH3 is 1. The van der Waals surface area contributed by atoms with Gasteiger partial charge in [0.15, 0.2) is 0 Å². The molecule has 0 aromatic heterocycles. The summed E-state index contributed by atoms with van der Waals surface area (Å²) in [5.41, 5.74) is 3.37. The largest absolute Gasteiger partial charge is 0.497 e. The zero-order valence-electron chi connectivity index (χ0n) is 15.8. The Morgan fingerprint density at radius 3 is 2.31 bits per heavy atom. The molecule has 2 aromatic carbocycles. The molecule has 2 aromatic rings. The number of hydrogen-bond acceptors (Lipinski definition) is 4. The van der Waals surface area contributed by atoms with Crippen molar-refractivity contribution in [2.24, 2.45) is 0 Å². The summed E-state index contributed by atoms with van der Waals surface area (Å²) in [4.78, 5) is 18.8. The lowest BCUT2D eigenvalue weighted by Gasteiger charge is -2.21. The molecular weight excluding hydrogens is 346 g/mol. The topological polar surface area (TPSA) is 47.6 Å². The van der Waals surface area contributed by atoms with Crippen LogP contribution in [0, 0.1) is 0 Å². The average Bonchev–Trinajstić information content (AvgIpc) is 2.61. The first-order valence-electron chi connectivity index (χ1n) is 8.67. The fraction of sp³-hybridized carbons (Fsp3) is 0.381. The molecule has 0 spiro atoms. The van der Waals surface area contributed by atoms with Gasteiger partial charge in [0.25, 0.3) is 0 Å². The van der Waals surface area contributed by atoms with Crippen LogP contribution in [-0.4, -0.2) is 23.9 Å². The summed E-state index contributed by atoms with van der Waals surface area (Å²) >= 11 is 1.69. The van der Waals surface area contributed by atoms with E-state index >= 15 is 0 Å². The highest BCUT2D eigenvalue weighted by Gasteiger charge is 2.19. The number of nitrogens with one attached hydrogen (secondary N) is 1. The summed E-state index contributed by atoms with van der Waals surface area (Å²) in [5, 5.41) is 0.106. The van der Waals surface area contributed by atoms with E-state index in [4.69, 9.17) is 9.57 Å². The third-order valence-electron chi connectivity index (χ3n) is 3.55. The third kappa shape index (κ3) is 7.50. The van der Waals surface area contributed by atoms with E-state index in [-0.39, 0.29) is 11.2 Å². The second-order valence-corrected chi connectivity index (χ2v) is 8.42. The van der Waals surface area contributed by atoms with Gasteiger partial charge in [-0.3, -0.25) is 9.63 Å². The minimum absolute atomic E-state index is 0.106. The first-order valence-corrected chi connectivity index (χ1v) is 9.55. The van der Waals surface area contributed by atoms with Gasteiger partial charge >= 0.3 is 0 Å². The van der Waals surface area contributed by atoms with Crippen molar-refractivity contribution in [3.05, 3.63) is 60.2 Å². The molecule has 0 fully saturated rings. The molecule has 0 saturated heterocycles.